The van der Waals surface area contributed by atoms with E-state index in [1.54, 1.807) is 6.07 Å². The minimum absolute atomic E-state index is 0.226. The van der Waals surface area contributed by atoms with Gasteiger partial charge in [-0.3, -0.25) is 24.3 Å². The second kappa shape index (κ2) is 7.04. The fourth-order valence-electron chi connectivity index (χ4n) is 1.43. The molecule has 1 rings (SSSR count). The molecule has 0 saturated heterocycles. The molecule has 0 radical (unpaired) electrons. The summed E-state index contributed by atoms with van der Waals surface area (Å²) in [6.45, 7) is 1.70. The molecule has 1 heterocycles. The Bertz CT molecular complexity index is 614. The van der Waals surface area contributed by atoms with Gasteiger partial charge in [0.05, 0.1) is 17.7 Å². The van der Waals surface area contributed by atoms with Crippen molar-refractivity contribution < 1.29 is 14.5 Å². The maximum atomic E-state index is 11.8. The van der Waals surface area contributed by atoms with Crippen molar-refractivity contribution >= 4 is 11.7 Å². The van der Waals surface area contributed by atoms with Gasteiger partial charge in [-0.1, -0.05) is 13.3 Å². The zero-order valence-corrected chi connectivity index (χ0v) is 10.9. The monoisotopic (exact) mass is 279 g/mol. The number of hydrogen-bond donors (Lipinski definition) is 0. The number of nitriles is 1. The van der Waals surface area contributed by atoms with E-state index < -0.39 is 28.7 Å². The highest BCUT2D eigenvalue weighted by Gasteiger charge is 2.15. The van der Waals surface area contributed by atoms with Crippen LogP contribution >= 0.6 is 0 Å². The molecule has 8 nitrogen and oxygen atoms in total. The smallest absolute Gasteiger partial charge is 0.326 e. The third kappa shape index (κ3) is 3.91. The van der Waals surface area contributed by atoms with E-state index in [2.05, 4.69) is 0 Å². The van der Waals surface area contributed by atoms with Crippen molar-refractivity contribution in [2.45, 2.75) is 26.3 Å². The first-order valence-corrected chi connectivity index (χ1v) is 5.94. The SMILES string of the molecule is CCCCOC(=O)Cn1cc([N+](=O)[O-])cc(C#N)c1=O. The third-order valence-electron chi connectivity index (χ3n) is 2.46. The molecule has 1 aromatic heterocycles. The average Bonchev–Trinajstić information content (AvgIpc) is 2.41. The van der Waals surface area contributed by atoms with E-state index in [1.807, 2.05) is 6.92 Å². The van der Waals surface area contributed by atoms with Crippen LogP contribution in [0.3, 0.4) is 0 Å². The van der Waals surface area contributed by atoms with Crippen molar-refractivity contribution in [1.29, 1.82) is 5.26 Å². The van der Waals surface area contributed by atoms with E-state index in [0.717, 1.165) is 23.3 Å². The average molecular weight is 279 g/mol. The zero-order chi connectivity index (χ0) is 15.1. The van der Waals surface area contributed by atoms with Crippen LogP contribution in [0.25, 0.3) is 0 Å². The van der Waals surface area contributed by atoms with Gasteiger partial charge in [-0.05, 0) is 6.42 Å². The van der Waals surface area contributed by atoms with Crippen molar-refractivity contribution in [2.75, 3.05) is 6.61 Å². The van der Waals surface area contributed by atoms with E-state index in [4.69, 9.17) is 10.00 Å². The molecule has 0 saturated carbocycles. The van der Waals surface area contributed by atoms with Crippen LogP contribution in [0.5, 0.6) is 0 Å². The summed E-state index contributed by atoms with van der Waals surface area (Å²) < 4.78 is 5.67. The number of aromatic nitrogens is 1. The second-order valence-electron chi connectivity index (χ2n) is 3.99. The molecule has 0 bridgehead atoms. The lowest BCUT2D eigenvalue weighted by Crippen LogP contribution is -2.27. The number of rotatable bonds is 6. The minimum Gasteiger partial charge on any atom is -0.464 e. The van der Waals surface area contributed by atoms with Crippen LogP contribution in [-0.4, -0.2) is 22.1 Å². The second-order valence-corrected chi connectivity index (χ2v) is 3.99. The summed E-state index contributed by atoms with van der Waals surface area (Å²) >= 11 is 0. The van der Waals surface area contributed by atoms with E-state index in [-0.39, 0.29) is 12.2 Å². The fourth-order valence-corrected chi connectivity index (χ4v) is 1.43. The normalized spacial score (nSPS) is 9.80. The van der Waals surface area contributed by atoms with E-state index in [1.165, 1.54) is 0 Å². The molecular formula is C12H13N3O5. The number of unbranched alkanes of at least 4 members (excludes halogenated alkanes) is 1. The van der Waals surface area contributed by atoms with Gasteiger partial charge in [-0.15, -0.1) is 0 Å². The van der Waals surface area contributed by atoms with E-state index >= 15 is 0 Å². The molecule has 0 fully saturated rings. The minimum atomic E-state index is -0.759. The topological polar surface area (TPSA) is 115 Å². The summed E-state index contributed by atoms with van der Waals surface area (Å²) in [6, 6.07) is 2.44. The van der Waals surface area contributed by atoms with Gasteiger partial charge in [0.25, 0.3) is 11.2 Å². The van der Waals surface area contributed by atoms with Gasteiger partial charge in [-0.2, -0.15) is 5.26 Å². The molecule has 0 aliphatic rings. The van der Waals surface area contributed by atoms with Crippen LogP contribution in [0.4, 0.5) is 5.69 Å². The molecule has 0 aromatic carbocycles. The first-order valence-electron chi connectivity index (χ1n) is 5.94. The van der Waals surface area contributed by atoms with Gasteiger partial charge in [0, 0.05) is 6.07 Å². The summed E-state index contributed by atoms with van der Waals surface area (Å²) in [5, 5.41) is 19.4. The highest BCUT2D eigenvalue weighted by Crippen LogP contribution is 2.09. The Kier molecular flexibility index (Phi) is 5.41. The zero-order valence-electron chi connectivity index (χ0n) is 10.9. The molecule has 0 aliphatic carbocycles. The van der Waals surface area contributed by atoms with Crippen molar-refractivity contribution in [3.05, 3.63) is 38.3 Å². The maximum Gasteiger partial charge on any atom is 0.326 e. The van der Waals surface area contributed by atoms with Crippen molar-refractivity contribution in [2.24, 2.45) is 0 Å². The number of ether oxygens (including phenoxy) is 1. The van der Waals surface area contributed by atoms with Crippen LogP contribution in [0, 0.1) is 21.4 Å². The summed E-state index contributed by atoms with van der Waals surface area (Å²) in [5.74, 6) is -0.676. The lowest BCUT2D eigenvalue weighted by atomic mass is 10.2. The Balaban J connectivity index is 2.97. The van der Waals surface area contributed by atoms with Gasteiger partial charge < -0.3 is 4.74 Å². The lowest BCUT2D eigenvalue weighted by Gasteiger charge is -2.06. The summed E-state index contributed by atoms with van der Waals surface area (Å²) in [4.78, 5) is 33.2. The molecule has 0 unspecified atom stereocenters. The van der Waals surface area contributed by atoms with E-state index in [9.17, 15) is 19.7 Å². The maximum absolute atomic E-state index is 11.8. The van der Waals surface area contributed by atoms with Crippen LogP contribution in [0.1, 0.15) is 25.3 Å². The first kappa shape index (κ1) is 15.4. The number of hydrogen-bond acceptors (Lipinski definition) is 6. The summed E-state index contributed by atoms with van der Waals surface area (Å²) in [6.07, 6.45) is 2.46. The van der Waals surface area contributed by atoms with Crippen molar-refractivity contribution in [3.8, 4) is 6.07 Å². The molecule has 0 N–H and O–H groups in total. The highest BCUT2D eigenvalue weighted by atomic mass is 16.6. The number of carbonyl (C=O) groups is 1. The molecule has 0 atom stereocenters. The van der Waals surface area contributed by atoms with Crippen LogP contribution < -0.4 is 5.56 Å². The quantitative estimate of drug-likeness (QED) is 0.331. The van der Waals surface area contributed by atoms with Gasteiger partial charge in [0.2, 0.25) is 0 Å². The third-order valence-corrected chi connectivity index (χ3v) is 2.46. The Morgan fingerprint density at radius 3 is 2.85 bits per heavy atom. The van der Waals surface area contributed by atoms with Crippen LogP contribution in [-0.2, 0) is 16.1 Å². The lowest BCUT2D eigenvalue weighted by molar-refractivity contribution is -0.385. The standard InChI is InChI=1S/C12H13N3O5/c1-2-3-4-20-11(16)8-14-7-10(15(18)19)5-9(6-13)12(14)17/h5,7H,2-4,8H2,1H3. The van der Waals surface area contributed by atoms with Gasteiger partial charge in [-0.25, -0.2) is 0 Å². The molecule has 1 aromatic rings. The Morgan fingerprint density at radius 1 is 1.60 bits per heavy atom. The number of carbonyl (C=O) groups excluding carboxylic acids is 1. The van der Waals surface area contributed by atoms with Gasteiger partial charge in [0.1, 0.15) is 18.2 Å². The Labute approximate surface area is 114 Å². The number of nitrogens with zero attached hydrogens (tertiary/aromatic N) is 3. The summed E-state index contributed by atoms with van der Waals surface area (Å²) in [7, 11) is 0. The summed E-state index contributed by atoms with van der Waals surface area (Å²) in [5.41, 5.74) is -1.58. The molecule has 8 heteroatoms. The fraction of sp³-hybridized carbons (Fsp3) is 0.417. The highest BCUT2D eigenvalue weighted by molar-refractivity contribution is 5.69. The predicted molar refractivity (Wildman–Crippen MR) is 67.9 cm³/mol. The van der Waals surface area contributed by atoms with Crippen LogP contribution in [0.15, 0.2) is 17.1 Å². The Hall–Kier alpha value is -2.69. The molecule has 0 aliphatic heterocycles. The van der Waals surface area contributed by atoms with Gasteiger partial charge in [0.15, 0.2) is 0 Å². The largest absolute Gasteiger partial charge is 0.464 e. The number of nitro groups is 1. The number of pyridine rings is 1. The molecule has 106 valence electrons. The molecule has 20 heavy (non-hydrogen) atoms. The van der Waals surface area contributed by atoms with Crippen molar-refractivity contribution in [3.63, 3.8) is 0 Å². The molecular weight excluding hydrogens is 266 g/mol. The molecule has 0 amide bonds. The number of esters is 1. The van der Waals surface area contributed by atoms with Gasteiger partial charge >= 0.3 is 5.97 Å². The van der Waals surface area contributed by atoms with Crippen molar-refractivity contribution in [1.82, 2.24) is 4.57 Å². The van der Waals surface area contributed by atoms with E-state index in [0.29, 0.717) is 6.42 Å². The van der Waals surface area contributed by atoms with Crippen LogP contribution in [0.2, 0.25) is 0 Å². The predicted octanol–water partition coefficient (Wildman–Crippen LogP) is 0.971. The molecule has 0 spiro atoms. The first-order chi connectivity index (χ1) is 9.49. The Morgan fingerprint density at radius 2 is 2.30 bits per heavy atom.